The highest BCUT2D eigenvalue weighted by Gasteiger charge is 2.17. The van der Waals surface area contributed by atoms with Gasteiger partial charge in [0.25, 0.3) is 0 Å². The average molecular weight is 329 g/mol. The van der Waals surface area contributed by atoms with E-state index in [9.17, 15) is 13.2 Å². The normalized spacial score (nSPS) is 13.5. The summed E-state index contributed by atoms with van der Waals surface area (Å²) in [6, 6.07) is 4.46. The van der Waals surface area contributed by atoms with Crippen molar-refractivity contribution in [2.24, 2.45) is 0 Å². The van der Waals surface area contributed by atoms with Crippen molar-refractivity contribution in [3.05, 3.63) is 35.4 Å². The Kier molecular flexibility index (Phi) is 6.44. The van der Waals surface area contributed by atoms with Gasteiger partial charge in [0.15, 0.2) is 0 Å². The van der Waals surface area contributed by atoms with Crippen LogP contribution in [0.2, 0.25) is 0 Å². The van der Waals surface area contributed by atoms with Crippen LogP contribution in [0.1, 0.15) is 18.1 Å². The molecule has 21 heavy (non-hydrogen) atoms. The van der Waals surface area contributed by atoms with Gasteiger partial charge in [-0.05, 0) is 49.4 Å². The van der Waals surface area contributed by atoms with Gasteiger partial charge in [0.05, 0.1) is 4.90 Å². The number of benzene rings is 1. The van der Waals surface area contributed by atoms with Crippen LogP contribution in [0.25, 0.3) is 6.08 Å². The first kappa shape index (κ1) is 17.7. The molecule has 1 unspecified atom stereocenters. The summed E-state index contributed by atoms with van der Waals surface area (Å²) in [5, 5.41) is 8.60. The molecule has 0 saturated heterocycles. The number of carboxylic acid groups (broad SMARTS) is 1. The lowest BCUT2D eigenvalue weighted by Gasteiger charge is -2.13. The quantitative estimate of drug-likeness (QED) is 0.749. The standard InChI is InChI=1S/C14H19NO4S2/c1-10-8-13(6-4-12(10)5-7-14(16)17)21(18,19)15-11(2)9-20-3/h4-8,11,15H,9H2,1-3H3,(H,16,17)/b7-5+. The van der Waals surface area contributed by atoms with Crippen molar-refractivity contribution in [3.63, 3.8) is 0 Å². The zero-order valence-corrected chi connectivity index (χ0v) is 13.8. The van der Waals surface area contributed by atoms with E-state index in [0.717, 1.165) is 6.08 Å². The van der Waals surface area contributed by atoms with Crippen molar-refractivity contribution < 1.29 is 18.3 Å². The predicted octanol–water partition coefficient (Wildman–Crippen LogP) is 2.12. The Morgan fingerprint density at radius 3 is 2.67 bits per heavy atom. The summed E-state index contributed by atoms with van der Waals surface area (Å²) in [5.74, 6) is -0.351. The molecule has 0 fully saturated rings. The number of hydrogen-bond acceptors (Lipinski definition) is 4. The molecular weight excluding hydrogens is 310 g/mol. The number of thioether (sulfide) groups is 1. The summed E-state index contributed by atoms with van der Waals surface area (Å²) >= 11 is 1.57. The maximum absolute atomic E-state index is 12.2. The number of aliphatic carboxylic acids is 1. The van der Waals surface area contributed by atoms with E-state index < -0.39 is 16.0 Å². The molecule has 1 atom stereocenters. The zero-order valence-electron chi connectivity index (χ0n) is 12.2. The average Bonchev–Trinajstić information content (AvgIpc) is 2.36. The minimum absolute atomic E-state index is 0.156. The lowest BCUT2D eigenvalue weighted by atomic mass is 10.1. The van der Waals surface area contributed by atoms with Gasteiger partial charge in [-0.15, -0.1) is 0 Å². The van der Waals surface area contributed by atoms with Gasteiger partial charge in [0.1, 0.15) is 0 Å². The molecule has 0 aromatic heterocycles. The number of rotatable bonds is 7. The third-order valence-electron chi connectivity index (χ3n) is 2.73. The van der Waals surface area contributed by atoms with Crippen LogP contribution < -0.4 is 4.72 Å². The van der Waals surface area contributed by atoms with Gasteiger partial charge in [-0.25, -0.2) is 17.9 Å². The molecule has 116 valence electrons. The molecule has 0 aliphatic heterocycles. The van der Waals surface area contributed by atoms with Crippen molar-refractivity contribution in [2.75, 3.05) is 12.0 Å². The van der Waals surface area contributed by atoms with Crippen LogP contribution in [0.5, 0.6) is 0 Å². The van der Waals surface area contributed by atoms with Gasteiger partial charge in [-0.1, -0.05) is 6.07 Å². The number of aryl methyl sites for hydroxylation is 1. The van der Waals surface area contributed by atoms with E-state index in [2.05, 4.69) is 4.72 Å². The largest absolute Gasteiger partial charge is 0.478 e. The van der Waals surface area contributed by atoms with E-state index in [-0.39, 0.29) is 10.9 Å². The molecule has 0 aliphatic carbocycles. The fourth-order valence-electron chi connectivity index (χ4n) is 1.78. The maximum Gasteiger partial charge on any atom is 0.328 e. The first-order valence-electron chi connectivity index (χ1n) is 6.29. The van der Waals surface area contributed by atoms with Crippen molar-refractivity contribution in [1.29, 1.82) is 0 Å². The molecule has 0 aliphatic rings. The first-order valence-corrected chi connectivity index (χ1v) is 9.17. The number of nitrogens with one attached hydrogen (secondary N) is 1. The third-order valence-corrected chi connectivity index (χ3v) is 5.15. The summed E-state index contributed by atoms with van der Waals surface area (Å²) in [7, 11) is -3.56. The Morgan fingerprint density at radius 1 is 1.48 bits per heavy atom. The second kappa shape index (κ2) is 7.63. The highest BCUT2D eigenvalue weighted by molar-refractivity contribution is 7.98. The second-order valence-corrected chi connectivity index (χ2v) is 7.29. The van der Waals surface area contributed by atoms with Crippen LogP contribution in [0.15, 0.2) is 29.2 Å². The smallest absolute Gasteiger partial charge is 0.328 e. The van der Waals surface area contributed by atoms with Crippen molar-refractivity contribution in [2.45, 2.75) is 24.8 Å². The van der Waals surface area contributed by atoms with Crippen LogP contribution in [-0.4, -0.2) is 37.5 Å². The van der Waals surface area contributed by atoms with Gasteiger partial charge < -0.3 is 5.11 Å². The summed E-state index contributed by atoms with van der Waals surface area (Å²) in [6.45, 7) is 3.55. The molecule has 1 rings (SSSR count). The molecule has 0 heterocycles. The molecule has 7 heteroatoms. The van der Waals surface area contributed by atoms with E-state index in [1.807, 2.05) is 13.2 Å². The molecular formula is C14H19NO4S2. The monoisotopic (exact) mass is 329 g/mol. The molecule has 0 saturated carbocycles. The van der Waals surface area contributed by atoms with E-state index in [1.54, 1.807) is 24.8 Å². The van der Waals surface area contributed by atoms with Crippen LogP contribution in [0.4, 0.5) is 0 Å². The fourth-order valence-corrected chi connectivity index (χ4v) is 3.80. The summed E-state index contributed by atoms with van der Waals surface area (Å²) in [6.07, 6.45) is 4.38. The Hall–Kier alpha value is -1.31. The number of hydrogen-bond donors (Lipinski definition) is 2. The molecule has 0 amide bonds. The van der Waals surface area contributed by atoms with Gasteiger partial charge >= 0.3 is 5.97 Å². The number of sulfonamides is 1. The van der Waals surface area contributed by atoms with E-state index >= 15 is 0 Å². The molecule has 2 N–H and O–H groups in total. The number of carbonyl (C=O) groups is 1. The van der Waals surface area contributed by atoms with Gasteiger partial charge in [0, 0.05) is 17.9 Å². The Bertz CT molecular complexity index is 638. The minimum atomic E-state index is -3.56. The van der Waals surface area contributed by atoms with E-state index in [1.165, 1.54) is 18.2 Å². The van der Waals surface area contributed by atoms with Crippen LogP contribution >= 0.6 is 11.8 Å². The highest BCUT2D eigenvalue weighted by Crippen LogP contribution is 2.17. The fraction of sp³-hybridized carbons (Fsp3) is 0.357. The summed E-state index contributed by atoms with van der Waals surface area (Å²) in [5.41, 5.74) is 1.38. The van der Waals surface area contributed by atoms with E-state index in [4.69, 9.17) is 5.11 Å². The number of carboxylic acids is 1. The highest BCUT2D eigenvalue weighted by atomic mass is 32.2. The lowest BCUT2D eigenvalue weighted by molar-refractivity contribution is -0.131. The molecule has 1 aromatic carbocycles. The maximum atomic E-state index is 12.2. The molecule has 0 spiro atoms. The Morgan fingerprint density at radius 2 is 2.14 bits per heavy atom. The second-order valence-electron chi connectivity index (χ2n) is 4.67. The topological polar surface area (TPSA) is 83.5 Å². The van der Waals surface area contributed by atoms with Gasteiger partial charge in [-0.2, -0.15) is 11.8 Å². The summed E-state index contributed by atoms with van der Waals surface area (Å²) in [4.78, 5) is 10.7. The van der Waals surface area contributed by atoms with Crippen molar-refractivity contribution in [1.82, 2.24) is 4.72 Å². The van der Waals surface area contributed by atoms with Crippen molar-refractivity contribution in [3.8, 4) is 0 Å². The molecule has 0 bridgehead atoms. The summed E-state index contributed by atoms with van der Waals surface area (Å²) < 4.78 is 27.0. The van der Waals surface area contributed by atoms with Crippen LogP contribution in [0.3, 0.4) is 0 Å². The minimum Gasteiger partial charge on any atom is -0.478 e. The van der Waals surface area contributed by atoms with Crippen LogP contribution in [0, 0.1) is 6.92 Å². The lowest BCUT2D eigenvalue weighted by Crippen LogP contribution is -2.34. The van der Waals surface area contributed by atoms with Crippen molar-refractivity contribution >= 4 is 33.8 Å². The predicted molar refractivity (Wildman–Crippen MR) is 86.0 cm³/mol. The SMILES string of the molecule is CSCC(C)NS(=O)(=O)c1ccc(/C=C/C(=O)O)c(C)c1. The zero-order chi connectivity index (χ0) is 16.0. The van der Waals surface area contributed by atoms with Crippen LogP contribution in [-0.2, 0) is 14.8 Å². The van der Waals surface area contributed by atoms with Gasteiger partial charge in [-0.3, -0.25) is 0 Å². The van der Waals surface area contributed by atoms with Gasteiger partial charge in [0.2, 0.25) is 10.0 Å². The Balaban J connectivity index is 3.00. The third kappa shape index (κ3) is 5.53. The van der Waals surface area contributed by atoms with E-state index in [0.29, 0.717) is 16.9 Å². The molecule has 1 aromatic rings. The Labute approximate surface area is 129 Å². The molecule has 0 radical (unpaired) electrons. The first-order chi connectivity index (χ1) is 9.76. The molecule has 5 nitrogen and oxygen atoms in total.